The number of fused-ring (bicyclic) bond motifs is 1. The van der Waals surface area contributed by atoms with E-state index in [4.69, 9.17) is 9.26 Å². The van der Waals surface area contributed by atoms with Gasteiger partial charge in [-0.1, -0.05) is 19.0 Å². The van der Waals surface area contributed by atoms with Crippen LogP contribution in [0.3, 0.4) is 0 Å². The predicted molar refractivity (Wildman–Crippen MR) is 103 cm³/mol. The molecule has 0 spiro atoms. The molecule has 3 aromatic rings. The van der Waals surface area contributed by atoms with Gasteiger partial charge in [-0.25, -0.2) is 14.8 Å². The van der Waals surface area contributed by atoms with Crippen molar-refractivity contribution in [2.75, 3.05) is 18.5 Å². The Balaban J connectivity index is 1.66. The van der Waals surface area contributed by atoms with Crippen molar-refractivity contribution in [3.8, 4) is 0 Å². The number of aryl methyl sites for hydroxylation is 2. The standard InChI is InChI=1S/C18H23N5O3S/c1-5-25-18(24)14-11(4)13-16(20-9-21-17(13)27-14)19-8-6-7-12-22-15(10(2)3)23-26-12/h9-10H,5-8H2,1-4H3,(H,19,20,21). The number of carbonyl (C=O) groups excluding carboxylic acids is 1. The number of aromatic nitrogens is 4. The van der Waals surface area contributed by atoms with Crippen molar-refractivity contribution in [1.29, 1.82) is 0 Å². The molecule has 0 saturated carbocycles. The number of carbonyl (C=O) groups is 1. The highest BCUT2D eigenvalue weighted by Gasteiger charge is 2.20. The van der Waals surface area contributed by atoms with Crippen molar-refractivity contribution in [3.05, 3.63) is 28.5 Å². The zero-order valence-corrected chi connectivity index (χ0v) is 16.7. The van der Waals surface area contributed by atoms with Crippen molar-refractivity contribution < 1.29 is 14.1 Å². The van der Waals surface area contributed by atoms with Crippen LogP contribution in [0.2, 0.25) is 0 Å². The third-order valence-corrected chi connectivity index (χ3v) is 5.23. The van der Waals surface area contributed by atoms with E-state index in [1.807, 2.05) is 20.8 Å². The zero-order chi connectivity index (χ0) is 19.4. The Hall–Kier alpha value is -2.55. The molecule has 0 aliphatic heterocycles. The summed E-state index contributed by atoms with van der Waals surface area (Å²) in [4.78, 5) is 26.5. The molecule has 3 heterocycles. The van der Waals surface area contributed by atoms with Gasteiger partial charge in [0.1, 0.15) is 21.9 Å². The minimum Gasteiger partial charge on any atom is -0.462 e. The first-order valence-electron chi connectivity index (χ1n) is 8.98. The summed E-state index contributed by atoms with van der Waals surface area (Å²) in [7, 11) is 0. The first kappa shape index (κ1) is 19.2. The fraction of sp³-hybridized carbons (Fsp3) is 0.500. The van der Waals surface area contributed by atoms with Crippen LogP contribution in [0.4, 0.5) is 5.82 Å². The summed E-state index contributed by atoms with van der Waals surface area (Å²) in [6, 6.07) is 0. The van der Waals surface area contributed by atoms with E-state index < -0.39 is 0 Å². The highest BCUT2D eigenvalue weighted by Crippen LogP contribution is 2.33. The molecule has 0 aromatic carbocycles. The molecule has 0 fully saturated rings. The second kappa shape index (κ2) is 8.43. The van der Waals surface area contributed by atoms with Crippen molar-refractivity contribution in [3.63, 3.8) is 0 Å². The first-order valence-corrected chi connectivity index (χ1v) is 9.80. The number of ether oxygens (including phenoxy) is 1. The summed E-state index contributed by atoms with van der Waals surface area (Å²) in [5.74, 6) is 2.03. The minimum atomic E-state index is -0.318. The second-order valence-corrected chi connectivity index (χ2v) is 7.41. The maximum absolute atomic E-state index is 12.1. The molecule has 8 nitrogen and oxygen atoms in total. The number of hydrogen-bond donors (Lipinski definition) is 1. The summed E-state index contributed by atoms with van der Waals surface area (Å²) < 4.78 is 10.4. The number of esters is 1. The number of rotatable bonds is 8. The van der Waals surface area contributed by atoms with Gasteiger partial charge >= 0.3 is 5.97 Å². The third-order valence-electron chi connectivity index (χ3n) is 4.05. The predicted octanol–water partition coefficient (Wildman–Crippen LogP) is 3.73. The Labute approximate surface area is 161 Å². The number of nitrogens with one attached hydrogen (secondary N) is 1. The van der Waals surface area contributed by atoms with Crippen molar-refractivity contribution in [2.24, 2.45) is 0 Å². The van der Waals surface area contributed by atoms with Gasteiger partial charge in [0.2, 0.25) is 5.89 Å². The van der Waals surface area contributed by atoms with Gasteiger partial charge in [0.25, 0.3) is 0 Å². The third kappa shape index (κ3) is 4.24. The Morgan fingerprint density at radius 2 is 2.19 bits per heavy atom. The normalized spacial score (nSPS) is 11.3. The van der Waals surface area contributed by atoms with Gasteiger partial charge in [-0.05, 0) is 25.8 Å². The average molecular weight is 389 g/mol. The first-order chi connectivity index (χ1) is 13.0. The number of anilines is 1. The lowest BCUT2D eigenvalue weighted by Crippen LogP contribution is -2.06. The van der Waals surface area contributed by atoms with Gasteiger partial charge in [-0.15, -0.1) is 11.3 Å². The van der Waals surface area contributed by atoms with E-state index in [2.05, 4.69) is 25.4 Å². The molecule has 0 atom stereocenters. The van der Waals surface area contributed by atoms with Gasteiger partial charge in [0, 0.05) is 18.9 Å². The summed E-state index contributed by atoms with van der Waals surface area (Å²) in [6.07, 6.45) is 3.01. The monoisotopic (exact) mass is 389 g/mol. The van der Waals surface area contributed by atoms with Crippen LogP contribution in [-0.4, -0.2) is 39.2 Å². The molecule has 0 bridgehead atoms. The molecule has 3 rings (SSSR count). The summed E-state index contributed by atoms with van der Waals surface area (Å²) >= 11 is 1.33. The second-order valence-electron chi connectivity index (χ2n) is 6.41. The highest BCUT2D eigenvalue weighted by atomic mass is 32.1. The Morgan fingerprint density at radius 1 is 1.37 bits per heavy atom. The van der Waals surface area contributed by atoms with Crippen molar-refractivity contribution in [2.45, 2.75) is 46.5 Å². The average Bonchev–Trinajstić information content (AvgIpc) is 3.24. The smallest absolute Gasteiger partial charge is 0.348 e. The van der Waals surface area contributed by atoms with Crippen molar-refractivity contribution >= 4 is 33.3 Å². The summed E-state index contributed by atoms with van der Waals surface area (Å²) in [5.41, 5.74) is 0.843. The van der Waals surface area contributed by atoms with E-state index >= 15 is 0 Å². The largest absolute Gasteiger partial charge is 0.462 e. The number of nitrogens with zero attached hydrogens (tertiary/aromatic N) is 4. The van der Waals surface area contributed by atoms with E-state index in [0.717, 1.165) is 33.8 Å². The van der Waals surface area contributed by atoms with E-state index in [0.29, 0.717) is 30.3 Å². The minimum absolute atomic E-state index is 0.255. The van der Waals surface area contributed by atoms with Crippen LogP contribution in [0.25, 0.3) is 10.2 Å². The zero-order valence-electron chi connectivity index (χ0n) is 15.9. The lowest BCUT2D eigenvalue weighted by molar-refractivity contribution is 0.0531. The highest BCUT2D eigenvalue weighted by molar-refractivity contribution is 7.20. The molecule has 0 radical (unpaired) electrons. The van der Waals surface area contributed by atoms with Gasteiger partial charge in [-0.2, -0.15) is 4.98 Å². The van der Waals surface area contributed by atoms with E-state index in [-0.39, 0.29) is 11.9 Å². The molecule has 0 saturated heterocycles. The molecular weight excluding hydrogens is 366 g/mol. The lowest BCUT2D eigenvalue weighted by Gasteiger charge is -2.06. The van der Waals surface area contributed by atoms with Crippen LogP contribution in [-0.2, 0) is 11.2 Å². The van der Waals surface area contributed by atoms with Crippen molar-refractivity contribution in [1.82, 2.24) is 20.1 Å². The molecule has 3 aromatic heterocycles. The summed E-state index contributed by atoms with van der Waals surface area (Å²) in [6.45, 7) is 8.79. The SMILES string of the molecule is CCOC(=O)c1sc2ncnc(NCCCc3nc(C(C)C)no3)c2c1C. The molecule has 1 N–H and O–H groups in total. The maximum Gasteiger partial charge on any atom is 0.348 e. The van der Waals surface area contributed by atoms with Crippen LogP contribution >= 0.6 is 11.3 Å². The Bertz CT molecular complexity index is 934. The van der Waals surface area contributed by atoms with Crippen LogP contribution < -0.4 is 5.32 Å². The Kier molecular flexibility index (Phi) is 6.00. The summed E-state index contributed by atoms with van der Waals surface area (Å²) in [5, 5.41) is 8.16. The molecule has 144 valence electrons. The molecule has 27 heavy (non-hydrogen) atoms. The number of hydrogen-bond acceptors (Lipinski definition) is 9. The van der Waals surface area contributed by atoms with Crippen LogP contribution in [0.15, 0.2) is 10.9 Å². The van der Waals surface area contributed by atoms with Crippen LogP contribution in [0.1, 0.15) is 60.1 Å². The number of thiophene rings is 1. The molecule has 9 heteroatoms. The van der Waals surface area contributed by atoms with Gasteiger partial charge in [0.05, 0.1) is 12.0 Å². The van der Waals surface area contributed by atoms with E-state index in [1.165, 1.54) is 17.7 Å². The molecular formula is C18H23N5O3S. The van der Waals surface area contributed by atoms with Gasteiger partial charge in [-0.3, -0.25) is 0 Å². The maximum atomic E-state index is 12.1. The molecule has 0 aliphatic rings. The Morgan fingerprint density at radius 3 is 2.89 bits per heavy atom. The fourth-order valence-electron chi connectivity index (χ4n) is 2.65. The van der Waals surface area contributed by atoms with Gasteiger partial charge < -0.3 is 14.6 Å². The topological polar surface area (TPSA) is 103 Å². The van der Waals surface area contributed by atoms with Gasteiger partial charge in [0.15, 0.2) is 5.82 Å². The quantitative estimate of drug-likeness (QED) is 0.459. The van der Waals surface area contributed by atoms with E-state index in [1.54, 1.807) is 6.92 Å². The lowest BCUT2D eigenvalue weighted by atomic mass is 10.2. The molecule has 0 amide bonds. The molecule has 0 unspecified atom stereocenters. The van der Waals surface area contributed by atoms with E-state index in [9.17, 15) is 4.79 Å². The fourth-order valence-corrected chi connectivity index (χ4v) is 3.69. The van der Waals surface area contributed by atoms with Crippen LogP contribution in [0.5, 0.6) is 0 Å². The molecule has 0 aliphatic carbocycles. The van der Waals surface area contributed by atoms with Crippen LogP contribution in [0, 0.1) is 6.92 Å².